The summed E-state index contributed by atoms with van der Waals surface area (Å²) in [5.41, 5.74) is 2.77. The van der Waals surface area contributed by atoms with Crippen LogP contribution in [-0.2, 0) is 0 Å². The van der Waals surface area contributed by atoms with Crippen LogP contribution in [0.4, 0.5) is 0 Å². The SMILES string of the molecule is CC1=C[C@@H]2[C@H]3C=C(C)C=CN3CCCN2C=C1. The lowest BCUT2D eigenvalue weighted by molar-refractivity contribution is 0.246. The van der Waals surface area contributed by atoms with E-state index in [2.05, 4.69) is 60.4 Å². The van der Waals surface area contributed by atoms with Crippen molar-refractivity contribution in [3.63, 3.8) is 0 Å². The fourth-order valence-electron chi connectivity index (χ4n) is 2.94. The molecule has 0 N–H and O–H groups in total. The lowest BCUT2D eigenvalue weighted by Crippen LogP contribution is -2.45. The van der Waals surface area contributed by atoms with E-state index < -0.39 is 0 Å². The molecule has 0 bridgehead atoms. The van der Waals surface area contributed by atoms with Crippen molar-refractivity contribution < 1.29 is 0 Å². The van der Waals surface area contributed by atoms with Crippen LogP contribution in [0.25, 0.3) is 0 Å². The van der Waals surface area contributed by atoms with E-state index >= 15 is 0 Å². The highest BCUT2D eigenvalue weighted by Crippen LogP contribution is 2.27. The third kappa shape index (κ3) is 1.92. The third-order valence-corrected chi connectivity index (χ3v) is 3.87. The number of hydrogen-bond acceptors (Lipinski definition) is 2. The Labute approximate surface area is 104 Å². The van der Waals surface area contributed by atoms with Crippen LogP contribution < -0.4 is 0 Å². The molecular formula is C15H20N2. The standard InChI is InChI=1S/C15H20N2/c1-12-4-8-16-6-3-7-17-9-5-13(2)11-15(17)14(16)10-12/h4-5,8-11,14-15H,3,6-7H2,1-2H3/t14-,15-/m1/s1. The lowest BCUT2D eigenvalue weighted by atomic mass is 9.97. The molecule has 0 aliphatic carbocycles. The van der Waals surface area contributed by atoms with E-state index in [1.54, 1.807) is 0 Å². The maximum Gasteiger partial charge on any atom is 0.0713 e. The molecule has 2 nitrogen and oxygen atoms in total. The van der Waals surface area contributed by atoms with Crippen molar-refractivity contribution in [2.45, 2.75) is 32.4 Å². The highest BCUT2D eigenvalue weighted by molar-refractivity contribution is 5.31. The van der Waals surface area contributed by atoms with Crippen LogP contribution in [0.5, 0.6) is 0 Å². The highest BCUT2D eigenvalue weighted by Gasteiger charge is 2.31. The smallest absolute Gasteiger partial charge is 0.0713 e. The molecule has 1 fully saturated rings. The van der Waals surface area contributed by atoms with Gasteiger partial charge in [0.2, 0.25) is 0 Å². The lowest BCUT2D eigenvalue weighted by Gasteiger charge is -2.38. The molecule has 2 atom stereocenters. The predicted molar refractivity (Wildman–Crippen MR) is 71.4 cm³/mol. The Hall–Kier alpha value is -1.44. The van der Waals surface area contributed by atoms with Crippen molar-refractivity contribution in [2.24, 2.45) is 0 Å². The molecule has 0 aromatic heterocycles. The van der Waals surface area contributed by atoms with E-state index in [1.807, 2.05) is 0 Å². The van der Waals surface area contributed by atoms with Crippen molar-refractivity contribution >= 4 is 0 Å². The number of rotatable bonds is 0. The minimum atomic E-state index is 0.502. The van der Waals surface area contributed by atoms with E-state index in [4.69, 9.17) is 0 Å². The van der Waals surface area contributed by atoms with Crippen LogP contribution in [0.3, 0.4) is 0 Å². The van der Waals surface area contributed by atoms with Crippen LogP contribution in [0, 0.1) is 0 Å². The molecule has 2 heteroatoms. The largest absolute Gasteiger partial charge is 0.369 e. The number of allylic oxidation sites excluding steroid dienone is 4. The van der Waals surface area contributed by atoms with Gasteiger partial charge in [0.25, 0.3) is 0 Å². The highest BCUT2D eigenvalue weighted by atomic mass is 15.3. The second-order valence-electron chi connectivity index (χ2n) is 5.26. The normalized spacial score (nSPS) is 31.4. The van der Waals surface area contributed by atoms with Crippen molar-refractivity contribution in [3.8, 4) is 0 Å². The van der Waals surface area contributed by atoms with Gasteiger partial charge in [-0.1, -0.05) is 23.3 Å². The fourth-order valence-corrected chi connectivity index (χ4v) is 2.94. The molecule has 3 heterocycles. The molecule has 0 saturated carbocycles. The molecule has 1 saturated heterocycles. The maximum absolute atomic E-state index is 2.49. The maximum atomic E-state index is 2.49. The summed E-state index contributed by atoms with van der Waals surface area (Å²) >= 11 is 0. The van der Waals surface area contributed by atoms with E-state index in [0.717, 1.165) is 0 Å². The zero-order valence-corrected chi connectivity index (χ0v) is 10.6. The number of nitrogens with zero attached hydrogens (tertiary/aromatic N) is 2. The van der Waals surface area contributed by atoms with Gasteiger partial charge in [-0.15, -0.1) is 0 Å². The summed E-state index contributed by atoms with van der Waals surface area (Å²) in [6, 6.07) is 1.00. The zero-order valence-electron chi connectivity index (χ0n) is 10.6. The first-order valence-electron chi connectivity index (χ1n) is 6.49. The summed E-state index contributed by atoms with van der Waals surface area (Å²) in [5, 5.41) is 0. The summed E-state index contributed by atoms with van der Waals surface area (Å²) in [4.78, 5) is 4.97. The fraction of sp³-hybridized carbons (Fsp3) is 0.467. The van der Waals surface area contributed by atoms with Crippen molar-refractivity contribution in [1.82, 2.24) is 9.80 Å². The molecule has 3 aliphatic rings. The van der Waals surface area contributed by atoms with Gasteiger partial charge >= 0.3 is 0 Å². The Kier molecular flexibility index (Phi) is 2.58. The van der Waals surface area contributed by atoms with Crippen LogP contribution in [-0.4, -0.2) is 35.0 Å². The Bertz CT molecular complexity index is 388. The van der Waals surface area contributed by atoms with E-state index in [1.165, 1.54) is 30.7 Å². The summed E-state index contributed by atoms with van der Waals surface area (Å²) in [6.45, 7) is 6.72. The van der Waals surface area contributed by atoms with Crippen molar-refractivity contribution in [2.75, 3.05) is 13.1 Å². The Morgan fingerprint density at radius 2 is 1.35 bits per heavy atom. The molecule has 0 aromatic carbocycles. The van der Waals surface area contributed by atoms with Crippen LogP contribution >= 0.6 is 0 Å². The average molecular weight is 228 g/mol. The van der Waals surface area contributed by atoms with Gasteiger partial charge in [-0.05, 0) is 44.8 Å². The monoisotopic (exact) mass is 228 g/mol. The van der Waals surface area contributed by atoms with Crippen molar-refractivity contribution in [1.29, 1.82) is 0 Å². The average Bonchev–Trinajstić information content (AvgIpc) is 2.48. The summed E-state index contributed by atoms with van der Waals surface area (Å²) in [6.07, 6.45) is 15.0. The number of hydrogen-bond donors (Lipinski definition) is 0. The third-order valence-electron chi connectivity index (χ3n) is 3.87. The minimum Gasteiger partial charge on any atom is -0.369 e. The van der Waals surface area contributed by atoms with Gasteiger partial charge in [-0.25, -0.2) is 0 Å². The van der Waals surface area contributed by atoms with Gasteiger partial charge in [-0.2, -0.15) is 0 Å². The predicted octanol–water partition coefficient (Wildman–Crippen LogP) is 2.68. The molecule has 3 rings (SSSR count). The second-order valence-corrected chi connectivity index (χ2v) is 5.26. The minimum absolute atomic E-state index is 0.502. The van der Waals surface area contributed by atoms with E-state index in [9.17, 15) is 0 Å². The molecular weight excluding hydrogens is 208 g/mol. The van der Waals surface area contributed by atoms with Gasteiger partial charge in [0.15, 0.2) is 0 Å². The van der Waals surface area contributed by atoms with Gasteiger partial charge in [0, 0.05) is 13.1 Å². The molecule has 0 aromatic rings. The van der Waals surface area contributed by atoms with Gasteiger partial charge in [0.1, 0.15) is 0 Å². The first kappa shape index (κ1) is 10.7. The number of fused-ring (bicyclic) bond motifs is 3. The topological polar surface area (TPSA) is 6.48 Å². The Balaban J connectivity index is 1.96. The first-order valence-corrected chi connectivity index (χ1v) is 6.49. The van der Waals surface area contributed by atoms with E-state index in [-0.39, 0.29) is 0 Å². The molecule has 0 spiro atoms. The van der Waals surface area contributed by atoms with Gasteiger partial charge in [0.05, 0.1) is 12.1 Å². The molecule has 90 valence electrons. The molecule has 0 unspecified atom stereocenters. The molecule has 0 amide bonds. The van der Waals surface area contributed by atoms with Gasteiger partial charge in [-0.3, -0.25) is 0 Å². The zero-order chi connectivity index (χ0) is 11.8. The Morgan fingerprint density at radius 1 is 0.882 bits per heavy atom. The molecule has 17 heavy (non-hydrogen) atoms. The van der Waals surface area contributed by atoms with E-state index in [0.29, 0.717) is 12.1 Å². The van der Waals surface area contributed by atoms with Gasteiger partial charge < -0.3 is 9.80 Å². The first-order chi connectivity index (χ1) is 8.24. The molecule has 3 aliphatic heterocycles. The second kappa shape index (κ2) is 4.10. The summed E-state index contributed by atoms with van der Waals surface area (Å²) in [7, 11) is 0. The Morgan fingerprint density at radius 3 is 1.82 bits per heavy atom. The quantitative estimate of drug-likeness (QED) is 0.629. The van der Waals surface area contributed by atoms with Crippen LogP contribution in [0.15, 0.2) is 47.9 Å². The van der Waals surface area contributed by atoms with Crippen LogP contribution in [0.1, 0.15) is 20.3 Å². The van der Waals surface area contributed by atoms with Crippen molar-refractivity contribution in [3.05, 3.63) is 47.9 Å². The molecule has 0 radical (unpaired) electrons. The summed E-state index contributed by atoms with van der Waals surface area (Å²) in [5.74, 6) is 0. The summed E-state index contributed by atoms with van der Waals surface area (Å²) < 4.78 is 0. The van der Waals surface area contributed by atoms with Crippen LogP contribution in [0.2, 0.25) is 0 Å².